The summed E-state index contributed by atoms with van der Waals surface area (Å²) in [4.78, 5) is 0. The van der Waals surface area contributed by atoms with Crippen LogP contribution in [0.15, 0.2) is 16.6 Å². The van der Waals surface area contributed by atoms with Crippen molar-refractivity contribution in [3.8, 4) is 5.75 Å². The maximum atomic E-state index is 9.00. The van der Waals surface area contributed by atoms with Gasteiger partial charge in [-0.25, -0.2) is 0 Å². The van der Waals surface area contributed by atoms with Gasteiger partial charge < -0.3 is 9.84 Å². The quantitative estimate of drug-likeness (QED) is 0.796. The summed E-state index contributed by atoms with van der Waals surface area (Å²) in [5.41, 5.74) is 2.06. The molecule has 0 bridgehead atoms. The van der Waals surface area contributed by atoms with Crippen LogP contribution in [0, 0.1) is 0 Å². The van der Waals surface area contributed by atoms with Crippen molar-refractivity contribution in [1.82, 2.24) is 0 Å². The summed E-state index contributed by atoms with van der Waals surface area (Å²) in [5, 5.41) is 9.00. The number of aliphatic hydroxyl groups excluding tert-OH is 1. The lowest BCUT2D eigenvalue weighted by Crippen LogP contribution is -1.91. The molecule has 0 atom stereocenters. The molecule has 2 rings (SSSR count). The van der Waals surface area contributed by atoms with Gasteiger partial charge in [-0.2, -0.15) is 0 Å². The molecule has 1 aromatic rings. The minimum Gasteiger partial charge on any atom is -0.493 e. The molecule has 12 heavy (non-hydrogen) atoms. The van der Waals surface area contributed by atoms with Crippen LogP contribution in [0.5, 0.6) is 5.75 Å². The molecule has 1 N–H and O–H groups in total. The van der Waals surface area contributed by atoms with Crippen molar-refractivity contribution in [1.29, 1.82) is 0 Å². The monoisotopic (exact) mass is 228 g/mol. The van der Waals surface area contributed by atoms with Crippen molar-refractivity contribution in [3.63, 3.8) is 0 Å². The van der Waals surface area contributed by atoms with Gasteiger partial charge in [0.1, 0.15) is 5.75 Å². The molecule has 0 unspecified atom stereocenters. The first-order valence-corrected chi connectivity index (χ1v) is 4.66. The van der Waals surface area contributed by atoms with Gasteiger partial charge in [0.2, 0.25) is 0 Å². The number of hydrogen-bond donors (Lipinski definition) is 1. The number of benzene rings is 1. The van der Waals surface area contributed by atoms with E-state index in [9.17, 15) is 0 Å². The zero-order chi connectivity index (χ0) is 8.55. The minimum absolute atomic E-state index is 0.0512. The largest absolute Gasteiger partial charge is 0.493 e. The third-order valence-corrected chi connectivity index (χ3v) is 2.80. The van der Waals surface area contributed by atoms with E-state index in [1.807, 2.05) is 12.1 Å². The molecule has 1 heterocycles. The molecule has 2 nitrogen and oxygen atoms in total. The van der Waals surface area contributed by atoms with Gasteiger partial charge in [-0.1, -0.05) is 22.0 Å². The fourth-order valence-corrected chi connectivity index (χ4v) is 1.96. The molecule has 0 spiro atoms. The molecule has 0 radical (unpaired) electrons. The van der Waals surface area contributed by atoms with Crippen molar-refractivity contribution in [3.05, 3.63) is 27.7 Å². The first kappa shape index (κ1) is 8.08. The molecule has 0 aliphatic carbocycles. The second-order valence-electron chi connectivity index (χ2n) is 2.77. The first-order valence-electron chi connectivity index (χ1n) is 3.87. The number of fused-ring (bicyclic) bond motifs is 1. The molecular formula is C9H9BrO2. The molecule has 3 heteroatoms. The number of hydrogen-bond acceptors (Lipinski definition) is 2. The fraction of sp³-hybridized carbons (Fsp3) is 0.333. The van der Waals surface area contributed by atoms with Gasteiger partial charge in [0.05, 0.1) is 13.2 Å². The summed E-state index contributed by atoms with van der Waals surface area (Å²) in [6.07, 6.45) is 0.934. The summed E-state index contributed by atoms with van der Waals surface area (Å²) >= 11 is 3.45. The van der Waals surface area contributed by atoms with E-state index in [2.05, 4.69) is 15.9 Å². The van der Waals surface area contributed by atoms with Crippen LogP contribution < -0.4 is 4.74 Å². The highest BCUT2D eigenvalue weighted by Crippen LogP contribution is 2.35. The summed E-state index contributed by atoms with van der Waals surface area (Å²) < 4.78 is 6.49. The maximum Gasteiger partial charge on any atom is 0.129 e. The number of ether oxygens (including phenoxy) is 1. The Morgan fingerprint density at radius 3 is 3.08 bits per heavy atom. The van der Waals surface area contributed by atoms with E-state index in [0.717, 1.165) is 28.8 Å². The Morgan fingerprint density at radius 1 is 1.50 bits per heavy atom. The van der Waals surface area contributed by atoms with Crippen molar-refractivity contribution in [2.24, 2.45) is 0 Å². The van der Waals surface area contributed by atoms with E-state index in [1.165, 1.54) is 5.56 Å². The predicted octanol–water partition coefficient (Wildman–Crippen LogP) is 1.88. The zero-order valence-electron chi connectivity index (χ0n) is 6.51. The number of halogens is 1. The standard InChI is InChI=1S/C9H9BrO2/c10-8-2-1-6(5-11)9-7(8)3-4-12-9/h1-2,11H,3-5H2. The van der Waals surface area contributed by atoms with Gasteiger partial charge in [-0.05, 0) is 6.07 Å². The Bertz CT molecular complexity index is 310. The lowest BCUT2D eigenvalue weighted by Gasteiger charge is -2.05. The highest BCUT2D eigenvalue weighted by Gasteiger charge is 2.18. The highest BCUT2D eigenvalue weighted by atomic mass is 79.9. The molecular weight excluding hydrogens is 220 g/mol. The second kappa shape index (κ2) is 3.07. The minimum atomic E-state index is 0.0512. The molecule has 0 fully saturated rings. The Labute approximate surface area is 79.3 Å². The third-order valence-electron chi connectivity index (χ3n) is 2.05. The van der Waals surface area contributed by atoms with Crippen molar-refractivity contribution in [2.75, 3.05) is 6.61 Å². The van der Waals surface area contributed by atoms with E-state index in [4.69, 9.17) is 9.84 Å². The van der Waals surface area contributed by atoms with Gasteiger partial charge in [0.15, 0.2) is 0 Å². The lowest BCUT2D eigenvalue weighted by molar-refractivity contribution is 0.271. The molecule has 0 aromatic heterocycles. The van der Waals surface area contributed by atoms with Crippen LogP contribution in [0.25, 0.3) is 0 Å². The first-order chi connectivity index (χ1) is 5.83. The van der Waals surface area contributed by atoms with Crippen LogP contribution >= 0.6 is 15.9 Å². The molecule has 1 aliphatic heterocycles. The lowest BCUT2D eigenvalue weighted by atomic mass is 10.1. The van der Waals surface area contributed by atoms with Crippen molar-refractivity contribution in [2.45, 2.75) is 13.0 Å². The zero-order valence-corrected chi connectivity index (χ0v) is 8.10. The van der Waals surface area contributed by atoms with Crippen LogP contribution in [0.2, 0.25) is 0 Å². The highest BCUT2D eigenvalue weighted by molar-refractivity contribution is 9.10. The van der Waals surface area contributed by atoms with Gasteiger partial charge >= 0.3 is 0 Å². The topological polar surface area (TPSA) is 29.5 Å². The Kier molecular flexibility index (Phi) is 2.07. The molecule has 1 aromatic carbocycles. The predicted molar refractivity (Wildman–Crippen MR) is 49.3 cm³/mol. The molecule has 0 saturated heterocycles. The maximum absolute atomic E-state index is 9.00. The van der Waals surface area contributed by atoms with Crippen LogP contribution in [-0.2, 0) is 13.0 Å². The van der Waals surface area contributed by atoms with Gasteiger partial charge in [-0.3, -0.25) is 0 Å². The molecule has 0 saturated carbocycles. The SMILES string of the molecule is OCc1ccc(Br)c2c1OCC2. The Morgan fingerprint density at radius 2 is 2.33 bits per heavy atom. The summed E-state index contributed by atoms with van der Waals surface area (Å²) in [6, 6.07) is 3.84. The summed E-state index contributed by atoms with van der Waals surface area (Å²) in [6.45, 7) is 0.778. The second-order valence-corrected chi connectivity index (χ2v) is 3.63. The third kappa shape index (κ3) is 1.13. The van der Waals surface area contributed by atoms with E-state index >= 15 is 0 Å². The number of rotatable bonds is 1. The normalized spacial score (nSPS) is 14.2. The summed E-state index contributed by atoms with van der Waals surface area (Å²) in [5.74, 6) is 0.867. The molecule has 0 amide bonds. The average molecular weight is 229 g/mol. The van der Waals surface area contributed by atoms with E-state index in [-0.39, 0.29) is 6.61 Å². The molecule has 1 aliphatic rings. The van der Waals surface area contributed by atoms with E-state index in [1.54, 1.807) is 0 Å². The van der Waals surface area contributed by atoms with Crippen molar-refractivity contribution >= 4 is 15.9 Å². The fourth-order valence-electron chi connectivity index (χ4n) is 1.44. The van der Waals surface area contributed by atoms with Crippen LogP contribution in [-0.4, -0.2) is 11.7 Å². The number of aliphatic hydroxyl groups is 1. The van der Waals surface area contributed by atoms with Crippen molar-refractivity contribution < 1.29 is 9.84 Å². The smallest absolute Gasteiger partial charge is 0.129 e. The Hall–Kier alpha value is -0.540. The average Bonchev–Trinajstić information content (AvgIpc) is 2.54. The van der Waals surface area contributed by atoms with Crippen LogP contribution in [0.1, 0.15) is 11.1 Å². The van der Waals surface area contributed by atoms with Crippen LogP contribution in [0.3, 0.4) is 0 Å². The van der Waals surface area contributed by atoms with E-state index < -0.39 is 0 Å². The molecule has 64 valence electrons. The van der Waals surface area contributed by atoms with Gasteiger partial charge in [0, 0.05) is 22.0 Å². The Balaban J connectivity index is 2.57. The van der Waals surface area contributed by atoms with Crippen LogP contribution in [0.4, 0.5) is 0 Å². The van der Waals surface area contributed by atoms with Gasteiger partial charge in [0.25, 0.3) is 0 Å². The summed E-state index contributed by atoms with van der Waals surface area (Å²) in [7, 11) is 0. The van der Waals surface area contributed by atoms with Gasteiger partial charge in [-0.15, -0.1) is 0 Å². The van der Waals surface area contributed by atoms with E-state index in [0.29, 0.717) is 0 Å².